The molecule has 20 heavy (non-hydrogen) atoms. The van der Waals surface area contributed by atoms with Crippen molar-refractivity contribution in [3.8, 4) is 0 Å². The molecule has 0 saturated carbocycles. The lowest BCUT2D eigenvalue weighted by molar-refractivity contribution is 0.529. The predicted molar refractivity (Wildman–Crippen MR) is 95.6 cm³/mol. The van der Waals surface area contributed by atoms with E-state index in [1.807, 2.05) is 0 Å². The third-order valence-electron chi connectivity index (χ3n) is 3.22. The van der Waals surface area contributed by atoms with Crippen LogP contribution in [0.3, 0.4) is 0 Å². The first-order chi connectivity index (χ1) is 9.60. The summed E-state index contributed by atoms with van der Waals surface area (Å²) in [6, 6.07) is 11.3. The Bertz CT molecular complexity index is 565. The third-order valence-corrected chi connectivity index (χ3v) is 5.61. The van der Waals surface area contributed by atoms with Gasteiger partial charge in [0.05, 0.1) is 7.57 Å². The number of benzene rings is 1. The summed E-state index contributed by atoms with van der Waals surface area (Å²) in [7, 11) is 0. The van der Waals surface area contributed by atoms with E-state index in [4.69, 9.17) is 0 Å². The average molecular weight is 417 g/mol. The van der Waals surface area contributed by atoms with Crippen LogP contribution in [0, 0.1) is 6.92 Å². The van der Waals surface area contributed by atoms with Crippen molar-refractivity contribution in [2.24, 2.45) is 0 Å². The highest BCUT2D eigenvalue weighted by molar-refractivity contribution is 9.12. The zero-order chi connectivity index (χ0) is 14.5. The molecule has 1 aromatic carbocycles. The van der Waals surface area contributed by atoms with Gasteiger partial charge < -0.3 is 5.32 Å². The van der Waals surface area contributed by atoms with Crippen molar-refractivity contribution in [2.45, 2.75) is 32.7 Å². The third kappa shape index (κ3) is 4.42. The minimum Gasteiger partial charge on any atom is -0.310 e. The summed E-state index contributed by atoms with van der Waals surface area (Å²) in [5.41, 5.74) is 4.05. The molecule has 1 N–H and O–H groups in total. The van der Waals surface area contributed by atoms with Crippen LogP contribution in [0.25, 0.3) is 0 Å². The lowest BCUT2D eigenvalue weighted by atomic mass is 10.00. The summed E-state index contributed by atoms with van der Waals surface area (Å²) in [6.45, 7) is 5.39. The van der Waals surface area contributed by atoms with Crippen molar-refractivity contribution in [2.75, 3.05) is 6.54 Å². The summed E-state index contributed by atoms with van der Waals surface area (Å²) in [5.74, 6) is 0. The van der Waals surface area contributed by atoms with Crippen LogP contribution in [0.15, 0.2) is 37.9 Å². The SMILES string of the molecule is CCCNC(Cc1cccc(C)c1)c1cc(Br)sc1Br. The molecule has 2 rings (SSSR count). The number of thiophene rings is 1. The first-order valence-corrected chi connectivity index (χ1v) is 9.24. The van der Waals surface area contributed by atoms with Crippen molar-refractivity contribution in [1.82, 2.24) is 5.32 Å². The van der Waals surface area contributed by atoms with E-state index in [0.29, 0.717) is 6.04 Å². The van der Waals surface area contributed by atoms with Gasteiger partial charge in [0, 0.05) is 6.04 Å². The van der Waals surface area contributed by atoms with Crippen molar-refractivity contribution in [3.63, 3.8) is 0 Å². The maximum atomic E-state index is 3.69. The second-order valence-corrected chi connectivity index (χ2v) is 8.73. The summed E-state index contributed by atoms with van der Waals surface area (Å²) in [4.78, 5) is 0. The van der Waals surface area contributed by atoms with E-state index >= 15 is 0 Å². The van der Waals surface area contributed by atoms with Crippen LogP contribution in [-0.4, -0.2) is 6.54 Å². The lowest BCUT2D eigenvalue weighted by Crippen LogP contribution is -2.24. The molecule has 1 atom stereocenters. The Morgan fingerprint density at radius 2 is 2.05 bits per heavy atom. The predicted octanol–water partition coefficient (Wildman–Crippen LogP) is 5.86. The van der Waals surface area contributed by atoms with Gasteiger partial charge in [-0.05, 0) is 75.4 Å². The molecule has 1 nitrogen and oxygen atoms in total. The van der Waals surface area contributed by atoms with Gasteiger partial charge in [0.1, 0.15) is 0 Å². The van der Waals surface area contributed by atoms with Gasteiger partial charge in [-0.15, -0.1) is 11.3 Å². The van der Waals surface area contributed by atoms with Crippen LogP contribution >= 0.6 is 43.2 Å². The first kappa shape index (κ1) is 16.2. The van der Waals surface area contributed by atoms with Gasteiger partial charge in [0.25, 0.3) is 0 Å². The second kappa shape index (κ2) is 7.74. The smallest absolute Gasteiger partial charge is 0.0758 e. The average Bonchev–Trinajstić information content (AvgIpc) is 2.73. The van der Waals surface area contributed by atoms with Gasteiger partial charge in [-0.1, -0.05) is 36.8 Å². The Kier molecular flexibility index (Phi) is 6.27. The van der Waals surface area contributed by atoms with Crippen molar-refractivity contribution in [1.29, 1.82) is 0 Å². The number of rotatable bonds is 6. The topological polar surface area (TPSA) is 12.0 Å². The quantitative estimate of drug-likeness (QED) is 0.621. The van der Waals surface area contributed by atoms with Crippen LogP contribution in [0.4, 0.5) is 0 Å². The molecule has 0 radical (unpaired) electrons. The summed E-state index contributed by atoms with van der Waals surface area (Å²) < 4.78 is 2.39. The highest BCUT2D eigenvalue weighted by atomic mass is 79.9. The molecule has 2 aromatic rings. The summed E-state index contributed by atoms with van der Waals surface area (Å²) >= 11 is 9.00. The minimum absolute atomic E-state index is 0.355. The minimum atomic E-state index is 0.355. The molecular weight excluding hydrogens is 398 g/mol. The molecule has 0 aliphatic heterocycles. The second-order valence-electron chi connectivity index (χ2n) is 4.98. The van der Waals surface area contributed by atoms with Gasteiger partial charge in [-0.25, -0.2) is 0 Å². The normalized spacial score (nSPS) is 12.6. The largest absolute Gasteiger partial charge is 0.310 e. The van der Waals surface area contributed by atoms with Gasteiger partial charge in [-0.3, -0.25) is 0 Å². The van der Waals surface area contributed by atoms with Crippen molar-refractivity contribution >= 4 is 43.2 Å². The Labute approximate surface area is 142 Å². The van der Waals surface area contributed by atoms with E-state index in [9.17, 15) is 0 Å². The molecule has 0 fully saturated rings. The molecule has 1 aromatic heterocycles. The monoisotopic (exact) mass is 415 g/mol. The molecular formula is C16H19Br2NS. The molecule has 0 aliphatic rings. The Hall–Kier alpha value is -0.160. The number of halogens is 2. The van der Waals surface area contributed by atoms with Crippen LogP contribution in [-0.2, 0) is 6.42 Å². The maximum absolute atomic E-state index is 3.69. The number of nitrogens with one attached hydrogen (secondary N) is 1. The molecule has 108 valence electrons. The van der Waals surface area contributed by atoms with Crippen LogP contribution < -0.4 is 5.32 Å². The van der Waals surface area contributed by atoms with Crippen molar-refractivity contribution < 1.29 is 0 Å². The summed E-state index contributed by atoms with van der Waals surface area (Å²) in [6.07, 6.45) is 2.16. The highest BCUT2D eigenvalue weighted by Gasteiger charge is 2.17. The molecule has 4 heteroatoms. The summed E-state index contributed by atoms with van der Waals surface area (Å²) in [5, 5.41) is 3.66. The van der Waals surface area contributed by atoms with Crippen molar-refractivity contribution in [3.05, 3.63) is 54.6 Å². The van der Waals surface area contributed by atoms with E-state index in [1.54, 1.807) is 11.3 Å². The number of hydrogen-bond acceptors (Lipinski definition) is 2. The van der Waals surface area contributed by atoms with E-state index in [2.05, 4.69) is 81.4 Å². The molecule has 0 bridgehead atoms. The van der Waals surface area contributed by atoms with Crippen LogP contribution in [0.1, 0.15) is 36.1 Å². The van der Waals surface area contributed by atoms with Gasteiger partial charge in [0.15, 0.2) is 0 Å². The number of hydrogen-bond donors (Lipinski definition) is 1. The van der Waals surface area contributed by atoms with Gasteiger partial charge in [-0.2, -0.15) is 0 Å². The Morgan fingerprint density at radius 1 is 1.25 bits per heavy atom. The van der Waals surface area contributed by atoms with E-state index in [1.165, 1.54) is 24.3 Å². The first-order valence-electron chi connectivity index (χ1n) is 6.83. The molecule has 1 unspecified atom stereocenters. The zero-order valence-electron chi connectivity index (χ0n) is 11.7. The van der Waals surface area contributed by atoms with E-state index < -0.39 is 0 Å². The standard InChI is InChI=1S/C16H19Br2NS/c1-3-7-19-14(13-10-15(17)20-16(13)18)9-12-6-4-5-11(2)8-12/h4-6,8,10,14,19H,3,7,9H2,1-2H3. The Balaban J connectivity index is 2.21. The fraction of sp³-hybridized carbons (Fsp3) is 0.375. The fourth-order valence-electron chi connectivity index (χ4n) is 2.28. The molecule has 0 saturated heterocycles. The maximum Gasteiger partial charge on any atom is 0.0758 e. The Morgan fingerprint density at radius 3 is 2.65 bits per heavy atom. The molecule has 0 aliphatic carbocycles. The highest BCUT2D eigenvalue weighted by Crippen LogP contribution is 2.36. The van der Waals surface area contributed by atoms with Crippen LogP contribution in [0.5, 0.6) is 0 Å². The van der Waals surface area contributed by atoms with E-state index in [0.717, 1.165) is 19.4 Å². The molecule has 1 heterocycles. The van der Waals surface area contributed by atoms with Gasteiger partial charge in [0.2, 0.25) is 0 Å². The fourth-order valence-corrected chi connectivity index (χ4v) is 5.25. The van der Waals surface area contributed by atoms with Crippen LogP contribution in [0.2, 0.25) is 0 Å². The zero-order valence-corrected chi connectivity index (χ0v) is 15.7. The molecule has 0 spiro atoms. The molecule has 0 amide bonds. The van der Waals surface area contributed by atoms with Gasteiger partial charge >= 0.3 is 0 Å². The lowest BCUT2D eigenvalue weighted by Gasteiger charge is -2.18. The number of aryl methyl sites for hydroxylation is 1. The van der Waals surface area contributed by atoms with E-state index in [-0.39, 0.29) is 0 Å².